The molecule has 0 aliphatic carbocycles. The van der Waals surface area contributed by atoms with Gasteiger partial charge in [0.1, 0.15) is 0 Å². The minimum Gasteiger partial charge on any atom is -0.300 e. The second-order valence-electron chi connectivity index (χ2n) is 7.98. The lowest BCUT2D eigenvalue weighted by molar-refractivity contribution is 0.223. The molecule has 1 aliphatic rings. The first-order valence-electron chi connectivity index (χ1n) is 10.6. The molecule has 0 saturated carbocycles. The van der Waals surface area contributed by atoms with Gasteiger partial charge in [0.05, 0.1) is 11.1 Å². The number of hydrogen-bond acceptors (Lipinski definition) is 2. The van der Waals surface area contributed by atoms with Gasteiger partial charge in [-0.25, -0.2) is 0 Å². The Hall–Kier alpha value is -3.20. The Morgan fingerprint density at radius 3 is 0.800 bits per heavy atom. The summed E-state index contributed by atoms with van der Waals surface area (Å²) in [6, 6.07) is 43.1. The third-order valence-electron chi connectivity index (χ3n) is 6.38. The lowest BCUT2D eigenvalue weighted by Crippen LogP contribution is -2.66. The quantitative estimate of drug-likeness (QED) is 0.509. The molecule has 0 atom stereocenters. The topological polar surface area (TPSA) is 24.1 Å². The molecule has 5 rings (SSSR count). The van der Waals surface area contributed by atoms with Crippen LogP contribution >= 0.6 is 0 Å². The van der Waals surface area contributed by atoms with E-state index >= 15 is 0 Å². The molecule has 4 aromatic rings. The van der Waals surface area contributed by atoms with Crippen LogP contribution in [0.3, 0.4) is 0 Å². The fourth-order valence-electron chi connectivity index (χ4n) is 4.73. The molecule has 1 heterocycles. The summed E-state index contributed by atoms with van der Waals surface area (Å²) in [5.41, 5.74) is 4.54. The lowest BCUT2D eigenvalue weighted by atomic mass is 9.74. The van der Waals surface area contributed by atoms with E-state index in [0.717, 1.165) is 13.1 Å². The van der Waals surface area contributed by atoms with Gasteiger partial charge in [-0.1, -0.05) is 121 Å². The summed E-state index contributed by atoms with van der Waals surface area (Å²) < 4.78 is 0. The first-order valence-corrected chi connectivity index (χ1v) is 10.6. The van der Waals surface area contributed by atoms with Crippen LogP contribution in [-0.4, -0.2) is 13.1 Å². The molecule has 0 amide bonds. The summed E-state index contributed by atoms with van der Waals surface area (Å²) in [6.07, 6.45) is 0. The third kappa shape index (κ3) is 3.15. The summed E-state index contributed by atoms with van der Waals surface area (Å²) in [5.74, 6) is 0. The van der Waals surface area contributed by atoms with Crippen molar-refractivity contribution in [2.24, 2.45) is 0 Å². The predicted molar refractivity (Wildman–Crippen MR) is 123 cm³/mol. The Kier molecular flexibility index (Phi) is 4.96. The van der Waals surface area contributed by atoms with Crippen LogP contribution in [0, 0.1) is 0 Å². The highest BCUT2D eigenvalue weighted by atomic mass is 15.2. The second-order valence-corrected chi connectivity index (χ2v) is 7.98. The Morgan fingerprint density at radius 2 is 0.600 bits per heavy atom. The van der Waals surface area contributed by atoms with E-state index in [4.69, 9.17) is 0 Å². The SMILES string of the molecule is c1ccc(C2(c3ccccc3)CNC(c3ccccc3)(c3ccccc3)CN2)cc1. The van der Waals surface area contributed by atoms with Gasteiger partial charge < -0.3 is 10.6 Å². The van der Waals surface area contributed by atoms with Crippen molar-refractivity contribution < 1.29 is 0 Å². The first kappa shape index (κ1) is 18.8. The van der Waals surface area contributed by atoms with E-state index in [-0.39, 0.29) is 11.1 Å². The number of rotatable bonds is 4. The van der Waals surface area contributed by atoms with Crippen molar-refractivity contribution in [2.75, 3.05) is 13.1 Å². The molecule has 148 valence electrons. The summed E-state index contributed by atoms with van der Waals surface area (Å²) in [5, 5.41) is 7.98. The molecule has 0 bridgehead atoms. The van der Waals surface area contributed by atoms with E-state index in [1.807, 2.05) is 0 Å². The first-order chi connectivity index (χ1) is 14.8. The van der Waals surface area contributed by atoms with Crippen LogP contribution in [0.4, 0.5) is 0 Å². The van der Waals surface area contributed by atoms with E-state index in [2.05, 4.69) is 132 Å². The molecule has 1 fully saturated rings. The summed E-state index contributed by atoms with van der Waals surface area (Å²) in [7, 11) is 0. The maximum Gasteiger partial charge on any atom is 0.0818 e. The molecule has 4 aromatic carbocycles. The second kappa shape index (κ2) is 7.91. The Labute approximate surface area is 178 Å². The number of benzene rings is 4. The van der Waals surface area contributed by atoms with E-state index in [1.54, 1.807) is 0 Å². The molecule has 0 radical (unpaired) electrons. The molecule has 2 heteroatoms. The highest BCUT2D eigenvalue weighted by Gasteiger charge is 2.45. The molecule has 30 heavy (non-hydrogen) atoms. The fraction of sp³-hybridized carbons (Fsp3) is 0.143. The average Bonchev–Trinajstić information content (AvgIpc) is 2.86. The minimum atomic E-state index is -0.282. The number of piperazine rings is 1. The van der Waals surface area contributed by atoms with Crippen molar-refractivity contribution >= 4 is 0 Å². The van der Waals surface area contributed by atoms with E-state index < -0.39 is 0 Å². The van der Waals surface area contributed by atoms with Crippen molar-refractivity contribution in [2.45, 2.75) is 11.1 Å². The zero-order valence-corrected chi connectivity index (χ0v) is 17.0. The van der Waals surface area contributed by atoms with Crippen LogP contribution in [-0.2, 0) is 11.1 Å². The van der Waals surface area contributed by atoms with Gasteiger partial charge in [0.2, 0.25) is 0 Å². The van der Waals surface area contributed by atoms with Crippen LogP contribution < -0.4 is 10.6 Å². The highest BCUT2D eigenvalue weighted by molar-refractivity contribution is 5.45. The average molecular weight is 391 g/mol. The van der Waals surface area contributed by atoms with E-state index in [1.165, 1.54) is 22.3 Å². The lowest BCUT2D eigenvalue weighted by Gasteiger charge is -2.49. The van der Waals surface area contributed by atoms with Gasteiger partial charge >= 0.3 is 0 Å². The van der Waals surface area contributed by atoms with Crippen LogP contribution in [0.5, 0.6) is 0 Å². The monoisotopic (exact) mass is 390 g/mol. The molecule has 0 unspecified atom stereocenters. The van der Waals surface area contributed by atoms with Gasteiger partial charge in [0, 0.05) is 13.1 Å². The number of hydrogen-bond donors (Lipinski definition) is 2. The molecule has 2 N–H and O–H groups in total. The fourth-order valence-corrected chi connectivity index (χ4v) is 4.73. The van der Waals surface area contributed by atoms with Crippen LogP contribution in [0.2, 0.25) is 0 Å². The summed E-state index contributed by atoms with van der Waals surface area (Å²) in [6.45, 7) is 1.57. The van der Waals surface area contributed by atoms with Gasteiger partial charge in [-0.15, -0.1) is 0 Å². The normalized spacial score (nSPS) is 17.3. The minimum absolute atomic E-state index is 0.282. The zero-order valence-electron chi connectivity index (χ0n) is 17.0. The standard InChI is InChI=1S/C28H26N2/c1-5-13-23(14-6-1)27(24-15-7-2-8-16-24)21-30-28(22-29-27,25-17-9-3-10-18-25)26-19-11-4-12-20-26/h1-20,29-30H,21-22H2. The summed E-state index contributed by atoms with van der Waals surface area (Å²) >= 11 is 0. The largest absolute Gasteiger partial charge is 0.300 e. The van der Waals surface area contributed by atoms with Crippen LogP contribution in [0.15, 0.2) is 121 Å². The molecule has 0 spiro atoms. The molecule has 1 saturated heterocycles. The van der Waals surface area contributed by atoms with Gasteiger partial charge in [0.25, 0.3) is 0 Å². The Balaban J connectivity index is 1.61. The Bertz CT molecular complexity index is 895. The predicted octanol–water partition coefficient (Wildman–Crippen LogP) is 5.07. The van der Waals surface area contributed by atoms with Crippen LogP contribution in [0.1, 0.15) is 22.3 Å². The van der Waals surface area contributed by atoms with Gasteiger partial charge in [-0.2, -0.15) is 0 Å². The summed E-state index contributed by atoms with van der Waals surface area (Å²) in [4.78, 5) is 0. The number of nitrogens with one attached hydrogen (secondary N) is 2. The smallest absolute Gasteiger partial charge is 0.0818 e. The molecular formula is C28H26N2. The maximum atomic E-state index is 3.99. The van der Waals surface area contributed by atoms with Crippen molar-refractivity contribution in [3.05, 3.63) is 144 Å². The van der Waals surface area contributed by atoms with Crippen molar-refractivity contribution in [1.29, 1.82) is 0 Å². The van der Waals surface area contributed by atoms with E-state index in [9.17, 15) is 0 Å². The van der Waals surface area contributed by atoms with Gasteiger partial charge in [0.15, 0.2) is 0 Å². The molecule has 1 aliphatic heterocycles. The van der Waals surface area contributed by atoms with Gasteiger partial charge in [-0.3, -0.25) is 0 Å². The van der Waals surface area contributed by atoms with E-state index in [0.29, 0.717) is 0 Å². The van der Waals surface area contributed by atoms with Crippen molar-refractivity contribution in [3.63, 3.8) is 0 Å². The highest BCUT2D eigenvalue weighted by Crippen LogP contribution is 2.38. The van der Waals surface area contributed by atoms with Crippen molar-refractivity contribution in [1.82, 2.24) is 10.6 Å². The Morgan fingerprint density at radius 1 is 0.367 bits per heavy atom. The van der Waals surface area contributed by atoms with Crippen molar-refractivity contribution in [3.8, 4) is 0 Å². The molecule has 0 aromatic heterocycles. The maximum absolute atomic E-state index is 3.99. The van der Waals surface area contributed by atoms with Crippen LogP contribution in [0.25, 0.3) is 0 Å². The molecular weight excluding hydrogens is 364 g/mol. The third-order valence-corrected chi connectivity index (χ3v) is 6.38. The molecule has 2 nitrogen and oxygen atoms in total. The van der Waals surface area contributed by atoms with Gasteiger partial charge in [-0.05, 0) is 22.3 Å². The zero-order chi connectivity index (χ0) is 20.3.